The summed E-state index contributed by atoms with van der Waals surface area (Å²) in [4.78, 5) is 13.0. The number of carboxylic acid groups (broad SMARTS) is 1. The molecule has 1 aromatic heterocycles. The van der Waals surface area contributed by atoms with E-state index < -0.39 is 12.0 Å². The number of aromatic amines is 1. The van der Waals surface area contributed by atoms with Crippen LogP contribution in [0.15, 0.2) is 24.5 Å². The molecule has 0 radical (unpaired) electrons. The quantitative estimate of drug-likeness (QED) is 0.536. The minimum Gasteiger partial charge on any atom is -0.480 e. The zero-order chi connectivity index (χ0) is 11.5. The first-order valence-corrected chi connectivity index (χ1v) is 4.94. The molecule has 0 aromatic carbocycles. The van der Waals surface area contributed by atoms with E-state index in [2.05, 4.69) is 4.98 Å². The number of aromatic nitrogens is 1. The molecule has 1 rings (SSSR count). The van der Waals surface area contributed by atoms with Crippen molar-refractivity contribution in [3.63, 3.8) is 0 Å². The van der Waals surface area contributed by atoms with Crippen LogP contribution in [0.3, 0.4) is 0 Å². The second-order valence-electron chi connectivity index (χ2n) is 3.11. The van der Waals surface area contributed by atoms with Crippen LogP contribution in [0.25, 0.3) is 0 Å². The van der Waals surface area contributed by atoms with Gasteiger partial charge in [-0.2, -0.15) is 0 Å². The second-order valence-corrected chi connectivity index (χ2v) is 3.11. The molecule has 6 N–H and O–H groups in total. The van der Waals surface area contributed by atoms with Crippen LogP contribution >= 0.6 is 0 Å². The van der Waals surface area contributed by atoms with Gasteiger partial charge in [0, 0.05) is 12.4 Å². The first-order chi connectivity index (χ1) is 7.18. The van der Waals surface area contributed by atoms with E-state index in [9.17, 15) is 4.79 Å². The van der Waals surface area contributed by atoms with Gasteiger partial charge in [0.25, 0.3) is 0 Å². The normalized spacial score (nSPS) is 11.3. The smallest absolute Gasteiger partial charge is 0.320 e. The first-order valence-electron chi connectivity index (χ1n) is 4.94. The molecule has 1 heterocycles. The summed E-state index contributed by atoms with van der Waals surface area (Å²) in [6.45, 7) is 0.604. The number of carbonyl (C=O) groups is 1. The highest BCUT2D eigenvalue weighted by Gasteiger charge is 2.09. The number of aliphatic carboxylic acids is 1. The van der Waals surface area contributed by atoms with Gasteiger partial charge < -0.3 is 21.6 Å². The minimum absolute atomic E-state index is 0.520. The predicted molar refractivity (Wildman–Crippen MR) is 59.3 cm³/mol. The SMILES string of the molecule is NCCCC[C@H](N)C(=O)O.c1cc[nH]c1. The fourth-order valence-corrected chi connectivity index (χ4v) is 0.910. The van der Waals surface area contributed by atoms with Crippen LogP contribution in [0.2, 0.25) is 0 Å². The van der Waals surface area contributed by atoms with Gasteiger partial charge in [0.15, 0.2) is 0 Å². The molecule has 5 nitrogen and oxygen atoms in total. The molecule has 15 heavy (non-hydrogen) atoms. The van der Waals surface area contributed by atoms with Crippen LogP contribution in [0.5, 0.6) is 0 Å². The molecule has 0 amide bonds. The summed E-state index contributed by atoms with van der Waals surface area (Å²) in [5.74, 6) is -0.933. The number of nitrogens with one attached hydrogen (secondary N) is 1. The monoisotopic (exact) mass is 213 g/mol. The highest BCUT2D eigenvalue weighted by molar-refractivity contribution is 5.72. The van der Waals surface area contributed by atoms with Crippen molar-refractivity contribution < 1.29 is 9.90 Å². The molecular formula is C10H19N3O2. The van der Waals surface area contributed by atoms with Gasteiger partial charge in [-0.25, -0.2) is 0 Å². The Morgan fingerprint density at radius 3 is 2.27 bits per heavy atom. The number of rotatable bonds is 5. The molecule has 0 saturated carbocycles. The molecule has 0 saturated heterocycles. The fraction of sp³-hybridized carbons (Fsp3) is 0.500. The molecule has 0 unspecified atom stereocenters. The van der Waals surface area contributed by atoms with Gasteiger partial charge >= 0.3 is 5.97 Å². The van der Waals surface area contributed by atoms with E-state index in [4.69, 9.17) is 16.6 Å². The van der Waals surface area contributed by atoms with Crippen molar-refractivity contribution in [2.45, 2.75) is 25.3 Å². The first kappa shape index (κ1) is 13.7. The highest BCUT2D eigenvalue weighted by Crippen LogP contribution is 1.96. The Balaban J connectivity index is 0.000000322. The van der Waals surface area contributed by atoms with Gasteiger partial charge in [0.1, 0.15) is 6.04 Å². The Morgan fingerprint density at radius 1 is 1.33 bits per heavy atom. The second kappa shape index (κ2) is 9.23. The topological polar surface area (TPSA) is 105 Å². The van der Waals surface area contributed by atoms with E-state index in [0.717, 1.165) is 12.8 Å². The molecule has 0 fully saturated rings. The number of hydrogen-bond donors (Lipinski definition) is 4. The van der Waals surface area contributed by atoms with Crippen molar-refractivity contribution in [3.05, 3.63) is 24.5 Å². The van der Waals surface area contributed by atoms with Gasteiger partial charge in [0.2, 0.25) is 0 Å². The zero-order valence-corrected chi connectivity index (χ0v) is 8.73. The summed E-state index contributed by atoms with van der Waals surface area (Å²) in [6.07, 6.45) is 5.91. The third-order valence-electron chi connectivity index (χ3n) is 1.78. The summed E-state index contributed by atoms with van der Waals surface area (Å²) in [7, 11) is 0. The summed E-state index contributed by atoms with van der Waals surface area (Å²) < 4.78 is 0. The van der Waals surface area contributed by atoms with Crippen LogP contribution in [-0.4, -0.2) is 28.6 Å². The molecule has 86 valence electrons. The number of H-pyrrole nitrogens is 1. The van der Waals surface area contributed by atoms with E-state index in [1.807, 2.05) is 24.5 Å². The summed E-state index contributed by atoms with van der Waals surface area (Å²) in [5.41, 5.74) is 10.4. The number of carboxylic acids is 1. The summed E-state index contributed by atoms with van der Waals surface area (Å²) in [5, 5.41) is 8.33. The lowest BCUT2D eigenvalue weighted by atomic mass is 10.1. The fourth-order valence-electron chi connectivity index (χ4n) is 0.910. The van der Waals surface area contributed by atoms with Crippen molar-refractivity contribution >= 4 is 5.97 Å². The van der Waals surface area contributed by atoms with Crippen LogP contribution < -0.4 is 11.5 Å². The lowest BCUT2D eigenvalue weighted by molar-refractivity contribution is -0.138. The van der Waals surface area contributed by atoms with Gasteiger partial charge in [-0.05, 0) is 31.5 Å². The van der Waals surface area contributed by atoms with Gasteiger partial charge in [-0.15, -0.1) is 0 Å². The van der Waals surface area contributed by atoms with Crippen molar-refractivity contribution in [2.24, 2.45) is 11.5 Å². The van der Waals surface area contributed by atoms with Crippen molar-refractivity contribution in [1.82, 2.24) is 4.98 Å². The van der Waals surface area contributed by atoms with E-state index in [-0.39, 0.29) is 0 Å². The number of hydrogen-bond acceptors (Lipinski definition) is 3. The van der Waals surface area contributed by atoms with E-state index in [1.165, 1.54) is 0 Å². The van der Waals surface area contributed by atoms with Gasteiger partial charge in [-0.1, -0.05) is 6.42 Å². The number of unbranched alkanes of at least 4 members (excludes halogenated alkanes) is 1. The summed E-state index contributed by atoms with van der Waals surface area (Å²) in [6, 6.07) is 3.17. The van der Waals surface area contributed by atoms with Crippen LogP contribution in [0, 0.1) is 0 Å². The van der Waals surface area contributed by atoms with E-state index >= 15 is 0 Å². The highest BCUT2D eigenvalue weighted by atomic mass is 16.4. The predicted octanol–water partition coefficient (Wildman–Crippen LogP) is 0.542. The largest absolute Gasteiger partial charge is 0.480 e. The summed E-state index contributed by atoms with van der Waals surface area (Å²) >= 11 is 0. The van der Waals surface area contributed by atoms with Gasteiger partial charge in [0.05, 0.1) is 0 Å². The lowest BCUT2D eigenvalue weighted by Crippen LogP contribution is -2.29. The van der Waals surface area contributed by atoms with E-state index in [1.54, 1.807) is 0 Å². The number of nitrogens with two attached hydrogens (primary N) is 2. The minimum atomic E-state index is -0.933. The maximum Gasteiger partial charge on any atom is 0.320 e. The zero-order valence-electron chi connectivity index (χ0n) is 8.73. The molecule has 5 heteroatoms. The van der Waals surface area contributed by atoms with E-state index in [0.29, 0.717) is 13.0 Å². The molecule has 0 aliphatic heterocycles. The molecule has 0 aliphatic rings. The molecule has 0 bridgehead atoms. The Morgan fingerprint density at radius 2 is 1.93 bits per heavy atom. The molecule has 0 aliphatic carbocycles. The third kappa shape index (κ3) is 8.99. The van der Waals surface area contributed by atoms with Crippen molar-refractivity contribution in [1.29, 1.82) is 0 Å². The maximum atomic E-state index is 10.1. The maximum absolute atomic E-state index is 10.1. The van der Waals surface area contributed by atoms with Gasteiger partial charge in [-0.3, -0.25) is 4.79 Å². The molecule has 0 spiro atoms. The Kier molecular flexibility index (Phi) is 8.42. The molecule has 1 aromatic rings. The average Bonchev–Trinajstić information content (AvgIpc) is 2.75. The van der Waals surface area contributed by atoms with Crippen LogP contribution in [0.1, 0.15) is 19.3 Å². The third-order valence-corrected chi connectivity index (χ3v) is 1.78. The van der Waals surface area contributed by atoms with Crippen molar-refractivity contribution in [2.75, 3.05) is 6.54 Å². The Labute approximate surface area is 89.5 Å². The van der Waals surface area contributed by atoms with Crippen molar-refractivity contribution in [3.8, 4) is 0 Å². The Bertz CT molecular complexity index is 220. The molecular weight excluding hydrogens is 194 g/mol. The lowest BCUT2D eigenvalue weighted by Gasteiger charge is -2.03. The standard InChI is InChI=1S/C6H14N2O2.C4H5N/c7-4-2-1-3-5(8)6(9)10;1-2-4-5-3-1/h5H,1-4,7-8H2,(H,9,10);1-5H/t5-;/m0./s1. The van der Waals surface area contributed by atoms with Crippen LogP contribution in [0.4, 0.5) is 0 Å². The molecule has 1 atom stereocenters. The van der Waals surface area contributed by atoms with Crippen LogP contribution in [-0.2, 0) is 4.79 Å². The Hall–Kier alpha value is -1.33. The average molecular weight is 213 g/mol.